The molecule has 1 fully saturated rings. The number of hydrogen-bond donors (Lipinski definition) is 1. The standard InChI is InChI=1S/C18H19N3O3S.ClH/c1-13-5-6-17(25(22,23)24-11-14-3-2-4-14)15(9-13)18-16-10-19-7-8-21(16)12-20-18;/h5-10,12,14H,2-4,11H2,1H3;1H. The number of aryl methyl sites for hydroxylation is 1. The van der Waals surface area contributed by atoms with E-state index in [1.54, 1.807) is 30.9 Å². The third kappa shape index (κ3) is 3.53. The topological polar surface area (TPSA) is 72.5 Å². The predicted molar refractivity (Wildman–Crippen MR) is 95.7 cm³/mol. The Balaban J connectivity index is 0.00000196. The molecule has 3 aliphatic rings. The highest BCUT2D eigenvalue weighted by Gasteiger charge is 2.31. The van der Waals surface area contributed by atoms with E-state index in [9.17, 15) is 8.42 Å². The lowest BCUT2D eigenvalue weighted by atomic mass is 9.86. The molecular formula is C18H20ClN3O3S. The Bertz CT molecular complexity index is 931. The Labute approximate surface area is 159 Å². The first-order valence-corrected chi connectivity index (χ1v) is 9.81. The van der Waals surface area contributed by atoms with Gasteiger partial charge < -0.3 is 12.4 Å². The van der Waals surface area contributed by atoms with Crippen LogP contribution in [-0.2, 0) is 14.3 Å². The second-order valence-corrected chi connectivity index (χ2v) is 8.19. The van der Waals surface area contributed by atoms with Crippen molar-refractivity contribution in [2.24, 2.45) is 15.9 Å². The molecule has 0 saturated heterocycles. The number of halogens is 1. The zero-order chi connectivity index (χ0) is 17.4. The lowest BCUT2D eigenvalue weighted by Gasteiger charge is -2.24. The molecule has 4 rings (SSSR count). The van der Waals surface area contributed by atoms with Crippen LogP contribution < -0.4 is 17.3 Å². The van der Waals surface area contributed by atoms with Crippen molar-refractivity contribution in [3.05, 3.63) is 47.4 Å². The van der Waals surface area contributed by atoms with Crippen LogP contribution in [0.2, 0.25) is 0 Å². The molecule has 0 radical (unpaired) electrons. The second kappa shape index (κ2) is 7.44. The van der Waals surface area contributed by atoms with Gasteiger partial charge in [0.2, 0.25) is 0 Å². The van der Waals surface area contributed by atoms with Gasteiger partial charge in [-0.25, -0.2) is 4.90 Å². The minimum atomic E-state index is -3.83. The summed E-state index contributed by atoms with van der Waals surface area (Å²) in [7, 11) is -3.83. The molecule has 1 aromatic carbocycles. The summed E-state index contributed by atoms with van der Waals surface area (Å²) >= 11 is 0. The van der Waals surface area contributed by atoms with E-state index in [4.69, 9.17) is 4.18 Å². The van der Waals surface area contributed by atoms with Gasteiger partial charge in [0.15, 0.2) is 12.0 Å². The maximum absolute atomic E-state index is 12.8. The number of allylic oxidation sites excluding steroid dienone is 1. The van der Waals surface area contributed by atoms with Crippen LogP contribution in [0.5, 0.6) is 0 Å². The van der Waals surface area contributed by atoms with Crippen molar-refractivity contribution in [2.75, 3.05) is 6.61 Å². The van der Waals surface area contributed by atoms with Crippen molar-refractivity contribution >= 4 is 28.4 Å². The summed E-state index contributed by atoms with van der Waals surface area (Å²) in [6.07, 6.45) is 10.2. The van der Waals surface area contributed by atoms with Crippen molar-refractivity contribution in [2.45, 2.75) is 31.1 Å². The molecule has 6 nitrogen and oxygen atoms in total. The van der Waals surface area contributed by atoms with Gasteiger partial charge in [0, 0.05) is 5.56 Å². The number of aliphatic imine (C=N–C) groups is 2. The predicted octanol–water partition coefficient (Wildman–Crippen LogP) is -1.34. The summed E-state index contributed by atoms with van der Waals surface area (Å²) in [6, 6.07) is 5.23. The van der Waals surface area contributed by atoms with Gasteiger partial charge in [0.05, 0.1) is 19.0 Å². The fourth-order valence-corrected chi connectivity index (χ4v) is 4.25. The van der Waals surface area contributed by atoms with E-state index < -0.39 is 10.1 Å². The van der Waals surface area contributed by atoms with Gasteiger partial charge in [0.1, 0.15) is 16.8 Å². The molecule has 0 spiro atoms. The van der Waals surface area contributed by atoms with E-state index in [0.29, 0.717) is 17.2 Å². The van der Waals surface area contributed by atoms with Gasteiger partial charge in [0.25, 0.3) is 10.1 Å². The molecule has 2 heterocycles. The number of nitrogens with one attached hydrogen (secondary N) is 1. The first-order chi connectivity index (χ1) is 12.0. The minimum Gasteiger partial charge on any atom is -1.00 e. The smallest absolute Gasteiger partial charge is 0.297 e. The molecular weight excluding hydrogens is 374 g/mol. The van der Waals surface area contributed by atoms with Crippen molar-refractivity contribution in [3.8, 4) is 0 Å². The third-order valence-corrected chi connectivity index (χ3v) is 6.13. The zero-order valence-corrected chi connectivity index (χ0v) is 15.9. The molecule has 26 heavy (non-hydrogen) atoms. The molecule has 1 atom stereocenters. The van der Waals surface area contributed by atoms with Crippen molar-refractivity contribution in [1.29, 1.82) is 0 Å². The van der Waals surface area contributed by atoms with Gasteiger partial charge >= 0.3 is 0 Å². The number of benzene rings is 1. The summed E-state index contributed by atoms with van der Waals surface area (Å²) in [6.45, 7) is 2.19. The first kappa shape index (κ1) is 19.0. The summed E-state index contributed by atoms with van der Waals surface area (Å²) < 4.78 is 30.9. The van der Waals surface area contributed by atoms with Crippen LogP contribution >= 0.6 is 0 Å². The Morgan fingerprint density at radius 2 is 2.12 bits per heavy atom. The monoisotopic (exact) mass is 393 g/mol. The van der Waals surface area contributed by atoms with Gasteiger partial charge in [-0.15, -0.1) is 0 Å². The maximum Gasteiger partial charge on any atom is 0.297 e. The Kier molecular flexibility index (Phi) is 5.43. The summed E-state index contributed by atoms with van der Waals surface area (Å²) in [5, 5.41) is 0. The maximum atomic E-state index is 12.8. The first-order valence-electron chi connectivity index (χ1n) is 8.40. The van der Waals surface area contributed by atoms with Crippen LogP contribution in [0.4, 0.5) is 0 Å². The summed E-state index contributed by atoms with van der Waals surface area (Å²) in [4.78, 5) is 9.69. The molecule has 1 aliphatic carbocycles. The number of rotatable bonds is 5. The van der Waals surface area contributed by atoms with Crippen molar-refractivity contribution < 1.29 is 29.9 Å². The number of nitrogens with zero attached hydrogens (tertiary/aromatic N) is 2. The van der Waals surface area contributed by atoms with Crippen LogP contribution in [0, 0.1) is 12.8 Å². The van der Waals surface area contributed by atoms with Crippen LogP contribution in [0.3, 0.4) is 0 Å². The van der Waals surface area contributed by atoms with Gasteiger partial charge in [-0.05, 0) is 37.8 Å². The molecule has 1 saturated carbocycles. The van der Waals surface area contributed by atoms with Gasteiger partial charge in [-0.1, -0.05) is 18.1 Å². The SMILES string of the molecule is Cc1ccc(S(=O)(=O)OCC2CCC2)c(C2=C3C=NC=C[NH+]3C=N2)c1.[Cl-]. The van der Waals surface area contributed by atoms with Crippen LogP contribution in [-0.4, -0.2) is 27.6 Å². The highest BCUT2D eigenvalue weighted by atomic mass is 35.5. The minimum absolute atomic E-state index is 0. The number of quaternary nitrogens is 1. The Morgan fingerprint density at radius 3 is 2.85 bits per heavy atom. The number of hydrogen-bond acceptors (Lipinski definition) is 5. The van der Waals surface area contributed by atoms with E-state index in [1.165, 1.54) is 0 Å². The van der Waals surface area contributed by atoms with Crippen molar-refractivity contribution in [1.82, 2.24) is 0 Å². The average molecular weight is 394 g/mol. The lowest BCUT2D eigenvalue weighted by molar-refractivity contribution is -0.681. The molecule has 2 aliphatic heterocycles. The van der Waals surface area contributed by atoms with E-state index in [2.05, 4.69) is 9.98 Å². The van der Waals surface area contributed by atoms with Crippen LogP contribution in [0.1, 0.15) is 30.4 Å². The molecule has 1 N–H and O–H groups in total. The van der Waals surface area contributed by atoms with Crippen molar-refractivity contribution in [3.63, 3.8) is 0 Å². The Hall–Kier alpha value is -1.80. The molecule has 1 aromatic rings. The molecule has 1 unspecified atom stereocenters. The van der Waals surface area contributed by atoms with Gasteiger partial charge in [-0.2, -0.15) is 13.4 Å². The quantitative estimate of drug-likeness (QED) is 0.629. The molecule has 0 aromatic heterocycles. The highest BCUT2D eigenvalue weighted by Crippen LogP contribution is 2.31. The largest absolute Gasteiger partial charge is 1.00 e. The van der Waals surface area contributed by atoms with E-state index in [1.807, 2.05) is 19.2 Å². The van der Waals surface area contributed by atoms with Crippen LogP contribution in [0.25, 0.3) is 5.70 Å². The molecule has 0 amide bonds. The lowest BCUT2D eigenvalue weighted by Crippen LogP contribution is -3.04. The highest BCUT2D eigenvalue weighted by molar-refractivity contribution is 7.86. The summed E-state index contributed by atoms with van der Waals surface area (Å²) in [5.41, 5.74) is 2.99. The molecule has 8 heteroatoms. The Morgan fingerprint density at radius 1 is 1.31 bits per heavy atom. The molecule has 138 valence electrons. The van der Waals surface area contributed by atoms with E-state index in [-0.39, 0.29) is 23.9 Å². The normalized spacial score (nSPS) is 21.5. The van der Waals surface area contributed by atoms with Crippen LogP contribution in [0.15, 0.2) is 51.2 Å². The fourth-order valence-electron chi connectivity index (χ4n) is 3.09. The van der Waals surface area contributed by atoms with Gasteiger partial charge in [-0.3, -0.25) is 9.18 Å². The molecule has 0 bridgehead atoms. The fraction of sp³-hybridized carbons (Fsp3) is 0.333. The third-order valence-electron chi connectivity index (χ3n) is 4.79. The average Bonchev–Trinajstić information content (AvgIpc) is 2.97. The van der Waals surface area contributed by atoms with E-state index >= 15 is 0 Å². The number of fused-ring (bicyclic) bond motifs is 1. The van der Waals surface area contributed by atoms with E-state index in [0.717, 1.165) is 35.4 Å². The second-order valence-electron chi connectivity index (χ2n) is 6.60. The zero-order valence-electron chi connectivity index (χ0n) is 14.4. The summed E-state index contributed by atoms with van der Waals surface area (Å²) in [5.74, 6) is 0.353.